The van der Waals surface area contributed by atoms with Gasteiger partial charge in [-0.1, -0.05) is 0 Å². The number of hydrogen-bond acceptors (Lipinski definition) is 3. The number of furan rings is 1. The zero-order valence-electron chi connectivity index (χ0n) is 4.50. The predicted octanol–water partition coefficient (Wildman–Crippen LogP) is 0.0841. The van der Waals surface area contributed by atoms with Gasteiger partial charge in [0.25, 0.3) is 11.9 Å². The molecule has 1 rings (SSSR count). The normalized spacial score (nSPS) is 9.33. The fourth-order valence-electron chi connectivity index (χ4n) is 0.460. The van der Waals surface area contributed by atoms with E-state index in [1.807, 2.05) is 0 Å². The van der Waals surface area contributed by atoms with Crippen molar-refractivity contribution in [3.05, 3.63) is 17.9 Å². The van der Waals surface area contributed by atoms with Gasteiger partial charge in [0.05, 0.1) is 0 Å². The summed E-state index contributed by atoms with van der Waals surface area (Å²) in [6.45, 7) is 0. The van der Waals surface area contributed by atoms with Gasteiger partial charge in [-0.3, -0.25) is 4.79 Å². The van der Waals surface area contributed by atoms with E-state index in [1.165, 1.54) is 12.1 Å². The minimum absolute atomic E-state index is 0.0347. The molecule has 4 nitrogen and oxygen atoms in total. The van der Waals surface area contributed by atoms with Crippen LogP contribution in [0.3, 0.4) is 0 Å². The first-order chi connectivity index (χ1) is 4.20. The summed E-state index contributed by atoms with van der Waals surface area (Å²) in [6.07, 6.45) is 0. The highest BCUT2D eigenvalue weighted by atomic mass is 16.5. The Kier molecular flexibility index (Phi) is 1.14. The summed E-state index contributed by atoms with van der Waals surface area (Å²) in [5, 5.41) is 8.53. The van der Waals surface area contributed by atoms with Crippen LogP contribution in [0.25, 0.3) is 0 Å². The summed E-state index contributed by atoms with van der Waals surface area (Å²) in [7, 11) is 0. The van der Waals surface area contributed by atoms with Gasteiger partial charge in [0, 0.05) is 6.07 Å². The third-order valence-electron chi connectivity index (χ3n) is 0.835. The molecule has 0 bridgehead atoms. The van der Waals surface area contributed by atoms with Crippen molar-refractivity contribution in [1.82, 2.24) is 0 Å². The van der Waals surface area contributed by atoms with E-state index >= 15 is 0 Å². The molecule has 0 aliphatic carbocycles. The van der Waals surface area contributed by atoms with Crippen molar-refractivity contribution in [1.29, 1.82) is 0 Å². The maximum absolute atomic E-state index is 10.2. The van der Waals surface area contributed by atoms with Crippen LogP contribution in [-0.4, -0.2) is 11.0 Å². The molecule has 3 N–H and O–H groups in total. The molecule has 0 saturated heterocycles. The molecule has 0 aliphatic heterocycles. The molecule has 4 heteroatoms. The highest BCUT2D eigenvalue weighted by Crippen LogP contribution is 2.11. The van der Waals surface area contributed by atoms with Gasteiger partial charge >= 0.3 is 0 Å². The Morgan fingerprint density at radius 2 is 2.33 bits per heavy atom. The third-order valence-corrected chi connectivity index (χ3v) is 0.835. The van der Waals surface area contributed by atoms with Crippen molar-refractivity contribution >= 4 is 5.91 Å². The maximum Gasteiger partial charge on any atom is 0.284 e. The lowest BCUT2D eigenvalue weighted by molar-refractivity contribution is 0.0968. The van der Waals surface area contributed by atoms with E-state index < -0.39 is 5.91 Å². The first-order valence-corrected chi connectivity index (χ1v) is 2.29. The Labute approximate surface area is 50.9 Å². The SMILES string of the molecule is NC(=O)c1ccc(O)o1. The number of nitrogens with two attached hydrogens (primary N) is 1. The smallest absolute Gasteiger partial charge is 0.284 e. The molecule has 1 heterocycles. The highest BCUT2D eigenvalue weighted by Gasteiger charge is 2.04. The maximum atomic E-state index is 10.2. The molecular formula is C5H5NO3. The number of primary amides is 1. The van der Waals surface area contributed by atoms with E-state index in [4.69, 9.17) is 10.8 Å². The zero-order valence-corrected chi connectivity index (χ0v) is 4.50. The molecule has 1 aromatic heterocycles. The number of aromatic hydroxyl groups is 1. The minimum Gasteiger partial charge on any atom is -0.481 e. The van der Waals surface area contributed by atoms with Crippen molar-refractivity contribution < 1.29 is 14.3 Å². The Morgan fingerprint density at radius 3 is 2.56 bits per heavy atom. The molecule has 0 saturated carbocycles. The largest absolute Gasteiger partial charge is 0.481 e. The van der Waals surface area contributed by atoms with E-state index in [-0.39, 0.29) is 11.7 Å². The Balaban J connectivity index is 2.98. The Morgan fingerprint density at radius 1 is 1.67 bits per heavy atom. The average molecular weight is 127 g/mol. The molecule has 9 heavy (non-hydrogen) atoms. The fraction of sp³-hybridized carbons (Fsp3) is 0. The summed E-state index contributed by atoms with van der Waals surface area (Å²) in [6, 6.07) is 2.55. The number of carbonyl (C=O) groups is 1. The molecule has 0 fully saturated rings. The van der Waals surface area contributed by atoms with E-state index in [0.717, 1.165) is 0 Å². The summed E-state index contributed by atoms with van der Waals surface area (Å²) in [5.74, 6) is -1.02. The molecule has 1 amide bonds. The van der Waals surface area contributed by atoms with Crippen LogP contribution in [0.4, 0.5) is 0 Å². The molecular weight excluding hydrogens is 122 g/mol. The fourth-order valence-corrected chi connectivity index (χ4v) is 0.460. The lowest BCUT2D eigenvalue weighted by Crippen LogP contribution is -2.08. The van der Waals surface area contributed by atoms with Crippen molar-refractivity contribution in [3.63, 3.8) is 0 Å². The number of rotatable bonds is 1. The van der Waals surface area contributed by atoms with Crippen LogP contribution in [0.1, 0.15) is 10.6 Å². The van der Waals surface area contributed by atoms with Gasteiger partial charge in [-0.15, -0.1) is 0 Å². The first-order valence-electron chi connectivity index (χ1n) is 2.29. The van der Waals surface area contributed by atoms with Gasteiger partial charge in [-0.05, 0) is 6.07 Å². The van der Waals surface area contributed by atoms with Crippen LogP contribution in [-0.2, 0) is 0 Å². The average Bonchev–Trinajstić information content (AvgIpc) is 2.14. The molecule has 0 atom stereocenters. The number of carbonyl (C=O) groups excluding carboxylic acids is 1. The number of amides is 1. The van der Waals surface area contributed by atoms with Crippen LogP contribution in [0.2, 0.25) is 0 Å². The topological polar surface area (TPSA) is 76.5 Å². The second-order valence-corrected chi connectivity index (χ2v) is 1.50. The van der Waals surface area contributed by atoms with Crippen LogP contribution < -0.4 is 5.73 Å². The lowest BCUT2D eigenvalue weighted by atomic mass is 10.4. The summed E-state index contributed by atoms with van der Waals surface area (Å²) in [5.41, 5.74) is 4.78. The van der Waals surface area contributed by atoms with Crippen LogP contribution in [0.5, 0.6) is 5.95 Å². The van der Waals surface area contributed by atoms with E-state index in [1.54, 1.807) is 0 Å². The van der Waals surface area contributed by atoms with Gasteiger partial charge < -0.3 is 15.3 Å². The third kappa shape index (κ3) is 1.02. The first kappa shape index (κ1) is 5.68. The van der Waals surface area contributed by atoms with E-state index in [9.17, 15) is 4.79 Å². The Bertz CT molecular complexity index is 228. The molecule has 0 aromatic carbocycles. The van der Waals surface area contributed by atoms with E-state index in [2.05, 4.69) is 4.42 Å². The van der Waals surface area contributed by atoms with Crippen molar-refractivity contribution in [2.75, 3.05) is 0 Å². The molecule has 48 valence electrons. The van der Waals surface area contributed by atoms with Gasteiger partial charge in [-0.2, -0.15) is 0 Å². The molecule has 0 spiro atoms. The zero-order chi connectivity index (χ0) is 6.85. The number of hydrogen-bond donors (Lipinski definition) is 2. The van der Waals surface area contributed by atoms with Crippen LogP contribution in [0, 0.1) is 0 Å². The standard InChI is InChI=1S/C5H5NO3/c6-5(8)3-1-2-4(7)9-3/h1-2,7H,(H2,6,8). The van der Waals surface area contributed by atoms with Gasteiger partial charge in [0.2, 0.25) is 0 Å². The van der Waals surface area contributed by atoms with Crippen molar-refractivity contribution in [2.45, 2.75) is 0 Å². The quantitative estimate of drug-likeness (QED) is 0.561. The van der Waals surface area contributed by atoms with Gasteiger partial charge in [0.15, 0.2) is 5.76 Å². The summed E-state index contributed by atoms with van der Waals surface area (Å²) >= 11 is 0. The van der Waals surface area contributed by atoms with Crippen molar-refractivity contribution in [2.24, 2.45) is 5.73 Å². The molecule has 0 unspecified atom stereocenters. The van der Waals surface area contributed by atoms with Gasteiger partial charge in [-0.25, -0.2) is 0 Å². The Hall–Kier alpha value is -1.45. The molecule has 0 radical (unpaired) electrons. The predicted molar refractivity (Wildman–Crippen MR) is 28.9 cm³/mol. The van der Waals surface area contributed by atoms with Crippen LogP contribution in [0.15, 0.2) is 16.5 Å². The summed E-state index contributed by atoms with van der Waals surface area (Å²) in [4.78, 5) is 10.2. The lowest BCUT2D eigenvalue weighted by Gasteiger charge is -1.82. The van der Waals surface area contributed by atoms with Crippen LogP contribution >= 0.6 is 0 Å². The highest BCUT2D eigenvalue weighted by molar-refractivity contribution is 5.89. The van der Waals surface area contributed by atoms with E-state index in [0.29, 0.717) is 0 Å². The second-order valence-electron chi connectivity index (χ2n) is 1.50. The molecule has 1 aromatic rings. The summed E-state index contributed by atoms with van der Waals surface area (Å²) < 4.78 is 4.43. The second kappa shape index (κ2) is 1.81. The minimum atomic E-state index is -0.685. The monoisotopic (exact) mass is 127 g/mol. The van der Waals surface area contributed by atoms with Gasteiger partial charge in [0.1, 0.15) is 0 Å². The van der Waals surface area contributed by atoms with Crippen molar-refractivity contribution in [3.8, 4) is 5.95 Å². The molecule has 0 aliphatic rings.